The first kappa shape index (κ1) is 25.1. The maximum Gasteiger partial charge on any atom is 0.254 e. The summed E-state index contributed by atoms with van der Waals surface area (Å²) >= 11 is 0. The lowest BCUT2D eigenvalue weighted by Gasteiger charge is -2.32. The van der Waals surface area contributed by atoms with Gasteiger partial charge in [-0.2, -0.15) is 0 Å². The molecule has 1 fully saturated rings. The van der Waals surface area contributed by atoms with Crippen LogP contribution in [0.3, 0.4) is 0 Å². The lowest BCUT2D eigenvalue weighted by molar-refractivity contribution is -0.126. The molecule has 190 valence electrons. The molecule has 1 saturated heterocycles. The maximum absolute atomic E-state index is 13.3. The number of carbonyl (C=O) groups is 2. The SMILES string of the molecule is COc1ccc(C(NC(=O)C2CCN(C(=O)c3cc(OC)cc(OC)c3)CC2)c2nccn2C)cc1. The van der Waals surface area contributed by atoms with Gasteiger partial charge in [0.25, 0.3) is 5.91 Å². The number of amides is 2. The number of rotatable bonds is 8. The van der Waals surface area contributed by atoms with E-state index in [4.69, 9.17) is 14.2 Å². The van der Waals surface area contributed by atoms with Gasteiger partial charge in [-0.15, -0.1) is 0 Å². The molecule has 2 heterocycles. The van der Waals surface area contributed by atoms with Crippen LogP contribution in [0.25, 0.3) is 0 Å². The second-order valence-corrected chi connectivity index (χ2v) is 8.78. The standard InChI is InChI=1S/C27H32N4O5/c1-30-14-11-28-25(30)24(18-5-7-21(34-2)8-6-18)29-26(32)19-9-12-31(13-10-19)27(33)20-15-22(35-3)17-23(16-20)36-4/h5-8,11,14-17,19,24H,9-10,12-13H2,1-4H3,(H,29,32). The molecule has 2 aromatic carbocycles. The number of hydrogen-bond acceptors (Lipinski definition) is 6. The highest BCUT2D eigenvalue weighted by Crippen LogP contribution is 2.27. The van der Waals surface area contributed by atoms with Crippen LogP contribution in [0.15, 0.2) is 54.9 Å². The average Bonchev–Trinajstić information content (AvgIpc) is 3.36. The molecule has 0 radical (unpaired) electrons. The molecule has 1 N–H and O–H groups in total. The lowest BCUT2D eigenvalue weighted by Crippen LogP contribution is -2.44. The van der Waals surface area contributed by atoms with Crippen molar-refractivity contribution in [1.82, 2.24) is 19.8 Å². The number of imidazole rings is 1. The summed E-state index contributed by atoms with van der Waals surface area (Å²) in [6.07, 6.45) is 4.73. The largest absolute Gasteiger partial charge is 0.497 e. The summed E-state index contributed by atoms with van der Waals surface area (Å²) in [5.74, 6) is 2.26. The van der Waals surface area contributed by atoms with Gasteiger partial charge in [-0.05, 0) is 42.7 Å². The van der Waals surface area contributed by atoms with E-state index in [1.165, 1.54) is 0 Å². The Bertz CT molecular complexity index is 1180. The zero-order valence-electron chi connectivity index (χ0n) is 21.1. The van der Waals surface area contributed by atoms with Crippen molar-refractivity contribution in [3.05, 3.63) is 71.8 Å². The molecule has 1 aromatic heterocycles. The van der Waals surface area contributed by atoms with Crippen molar-refractivity contribution in [2.45, 2.75) is 18.9 Å². The molecule has 36 heavy (non-hydrogen) atoms. The van der Waals surface area contributed by atoms with E-state index in [9.17, 15) is 9.59 Å². The predicted octanol–water partition coefficient (Wildman–Crippen LogP) is 3.20. The van der Waals surface area contributed by atoms with Crippen molar-refractivity contribution in [3.8, 4) is 17.2 Å². The summed E-state index contributed by atoms with van der Waals surface area (Å²) in [4.78, 5) is 32.7. The first-order chi connectivity index (χ1) is 17.4. The van der Waals surface area contributed by atoms with Crippen LogP contribution in [0.1, 0.15) is 40.6 Å². The smallest absolute Gasteiger partial charge is 0.254 e. The predicted molar refractivity (Wildman–Crippen MR) is 134 cm³/mol. The third-order valence-electron chi connectivity index (χ3n) is 6.60. The molecule has 0 aliphatic carbocycles. The summed E-state index contributed by atoms with van der Waals surface area (Å²) < 4.78 is 17.8. The molecule has 9 nitrogen and oxygen atoms in total. The highest BCUT2D eigenvalue weighted by Gasteiger charge is 2.30. The minimum atomic E-state index is -0.396. The minimum absolute atomic E-state index is 0.0473. The van der Waals surface area contributed by atoms with E-state index in [2.05, 4.69) is 10.3 Å². The van der Waals surface area contributed by atoms with Gasteiger partial charge in [-0.1, -0.05) is 12.1 Å². The number of benzene rings is 2. The van der Waals surface area contributed by atoms with Gasteiger partial charge in [-0.3, -0.25) is 9.59 Å². The van der Waals surface area contributed by atoms with Crippen molar-refractivity contribution in [1.29, 1.82) is 0 Å². The van der Waals surface area contributed by atoms with Crippen LogP contribution in [0.2, 0.25) is 0 Å². The fourth-order valence-corrected chi connectivity index (χ4v) is 4.47. The zero-order valence-corrected chi connectivity index (χ0v) is 21.1. The van der Waals surface area contributed by atoms with Crippen molar-refractivity contribution < 1.29 is 23.8 Å². The Morgan fingerprint density at radius 3 is 2.08 bits per heavy atom. The Hall–Kier alpha value is -4.01. The van der Waals surface area contributed by atoms with Crippen LogP contribution >= 0.6 is 0 Å². The fourth-order valence-electron chi connectivity index (χ4n) is 4.47. The van der Waals surface area contributed by atoms with E-state index in [1.807, 2.05) is 42.1 Å². The Kier molecular flexibility index (Phi) is 7.77. The van der Waals surface area contributed by atoms with Crippen molar-refractivity contribution in [3.63, 3.8) is 0 Å². The fraction of sp³-hybridized carbons (Fsp3) is 0.370. The van der Waals surface area contributed by atoms with E-state index < -0.39 is 6.04 Å². The molecule has 2 amide bonds. The third kappa shape index (κ3) is 5.45. The van der Waals surface area contributed by atoms with Crippen LogP contribution in [-0.2, 0) is 11.8 Å². The molecule has 9 heteroatoms. The molecule has 1 atom stereocenters. The summed E-state index contributed by atoms with van der Waals surface area (Å²) in [6.45, 7) is 0.984. The highest BCUT2D eigenvalue weighted by atomic mass is 16.5. The van der Waals surface area contributed by atoms with Gasteiger partial charge in [0.15, 0.2) is 0 Å². The van der Waals surface area contributed by atoms with E-state index in [0.29, 0.717) is 43.0 Å². The highest BCUT2D eigenvalue weighted by molar-refractivity contribution is 5.95. The molecular weight excluding hydrogens is 460 g/mol. The minimum Gasteiger partial charge on any atom is -0.497 e. The number of likely N-dealkylation sites (tertiary alicyclic amines) is 1. The van der Waals surface area contributed by atoms with Gasteiger partial charge in [0, 0.05) is 50.1 Å². The molecule has 0 bridgehead atoms. The Morgan fingerprint density at radius 1 is 0.944 bits per heavy atom. The molecule has 4 rings (SSSR count). The van der Waals surface area contributed by atoms with Gasteiger partial charge in [0.05, 0.1) is 21.3 Å². The number of nitrogens with zero attached hydrogens (tertiary/aromatic N) is 3. The molecule has 0 saturated carbocycles. The van der Waals surface area contributed by atoms with Crippen LogP contribution in [0.4, 0.5) is 0 Å². The quantitative estimate of drug-likeness (QED) is 0.519. The Morgan fingerprint density at radius 2 is 1.56 bits per heavy atom. The number of piperidine rings is 1. The Balaban J connectivity index is 1.43. The van der Waals surface area contributed by atoms with Crippen LogP contribution in [0.5, 0.6) is 17.2 Å². The monoisotopic (exact) mass is 492 g/mol. The Labute approximate surface area is 211 Å². The number of aryl methyl sites for hydroxylation is 1. The topological polar surface area (TPSA) is 94.9 Å². The van der Waals surface area contributed by atoms with E-state index in [0.717, 1.165) is 17.1 Å². The van der Waals surface area contributed by atoms with Gasteiger partial charge >= 0.3 is 0 Å². The number of hydrogen-bond donors (Lipinski definition) is 1. The molecule has 1 unspecified atom stereocenters. The number of methoxy groups -OCH3 is 3. The number of nitrogens with one attached hydrogen (secondary N) is 1. The summed E-state index contributed by atoms with van der Waals surface area (Å²) in [7, 11) is 6.63. The molecule has 1 aliphatic rings. The summed E-state index contributed by atoms with van der Waals surface area (Å²) in [5.41, 5.74) is 1.42. The van der Waals surface area contributed by atoms with Gasteiger partial charge in [-0.25, -0.2) is 4.98 Å². The molecular formula is C27H32N4O5. The normalized spacial score (nSPS) is 14.7. The first-order valence-electron chi connectivity index (χ1n) is 11.9. The van der Waals surface area contributed by atoms with Gasteiger partial charge in [0.1, 0.15) is 29.1 Å². The zero-order chi connectivity index (χ0) is 25.7. The molecule has 1 aliphatic heterocycles. The third-order valence-corrected chi connectivity index (χ3v) is 6.60. The van der Waals surface area contributed by atoms with E-state index in [1.54, 1.807) is 50.6 Å². The van der Waals surface area contributed by atoms with Gasteiger partial charge < -0.3 is 29.0 Å². The second-order valence-electron chi connectivity index (χ2n) is 8.78. The second kappa shape index (κ2) is 11.2. The van der Waals surface area contributed by atoms with Crippen molar-refractivity contribution in [2.75, 3.05) is 34.4 Å². The average molecular weight is 493 g/mol. The number of ether oxygens (including phenoxy) is 3. The summed E-state index contributed by atoms with van der Waals surface area (Å²) in [6, 6.07) is 12.3. The van der Waals surface area contributed by atoms with Crippen LogP contribution < -0.4 is 19.5 Å². The summed E-state index contributed by atoms with van der Waals surface area (Å²) in [5, 5.41) is 3.19. The van der Waals surface area contributed by atoms with E-state index in [-0.39, 0.29) is 17.7 Å². The molecule has 3 aromatic rings. The lowest BCUT2D eigenvalue weighted by atomic mass is 9.94. The first-order valence-corrected chi connectivity index (χ1v) is 11.9. The molecule has 0 spiro atoms. The van der Waals surface area contributed by atoms with E-state index >= 15 is 0 Å². The van der Waals surface area contributed by atoms with Crippen molar-refractivity contribution in [2.24, 2.45) is 13.0 Å². The number of aromatic nitrogens is 2. The van der Waals surface area contributed by atoms with Crippen LogP contribution in [0, 0.1) is 5.92 Å². The van der Waals surface area contributed by atoms with Crippen LogP contribution in [-0.4, -0.2) is 60.7 Å². The van der Waals surface area contributed by atoms with Gasteiger partial charge in [0.2, 0.25) is 5.91 Å². The van der Waals surface area contributed by atoms with Crippen molar-refractivity contribution >= 4 is 11.8 Å². The maximum atomic E-state index is 13.3. The number of carbonyl (C=O) groups excluding carboxylic acids is 2.